The van der Waals surface area contributed by atoms with Crippen LogP contribution in [0.5, 0.6) is 0 Å². The molecule has 0 aliphatic carbocycles. The summed E-state index contributed by atoms with van der Waals surface area (Å²) >= 11 is 0. The lowest BCUT2D eigenvalue weighted by molar-refractivity contribution is 0.619. The number of hydrogen-bond donors (Lipinski definition) is 0. The summed E-state index contributed by atoms with van der Waals surface area (Å²) in [6.07, 6.45) is 1.77. The molecule has 0 aliphatic heterocycles. The number of para-hydroxylation sites is 1. The molecule has 9 aromatic rings. The van der Waals surface area contributed by atoms with Gasteiger partial charge in [0.1, 0.15) is 5.58 Å². The Balaban J connectivity index is 1.15. The molecule has 0 N–H and O–H groups in total. The molecule has 0 unspecified atom stereocenters. The van der Waals surface area contributed by atoms with Gasteiger partial charge in [-0.3, -0.25) is 0 Å². The molecule has 4 nitrogen and oxygen atoms in total. The fourth-order valence-electron chi connectivity index (χ4n) is 6.46. The average Bonchev–Trinajstić information content (AvgIpc) is 3.75. The average molecular weight is 590 g/mol. The molecule has 0 saturated carbocycles. The van der Waals surface area contributed by atoms with Crippen LogP contribution in [0.1, 0.15) is 0 Å². The van der Waals surface area contributed by atoms with Crippen LogP contribution < -0.4 is 0 Å². The topological polar surface area (TPSA) is 43.9 Å². The molecule has 3 aromatic heterocycles. The van der Waals surface area contributed by atoms with Crippen molar-refractivity contribution >= 4 is 32.8 Å². The van der Waals surface area contributed by atoms with E-state index in [1.165, 1.54) is 16.5 Å². The molecular weight excluding hydrogens is 562 g/mol. The molecule has 0 radical (unpaired) electrons. The summed E-state index contributed by atoms with van der Waals surface area (Å²) in [7, 11) is 0. The fourth-order valence-corrected chi connectivity index (χ4v) is 6.46. The lowest BCUT2D eigenvalue weighted by Gasteiger charge is -2.12. The van der Waals surface area contributed by atoms with Gasteiger partial charge in [-0.05, 0) is 53.6 Å². The standard InChI is InChI=1S/C42H27N3O/c1-3-9-28(10-4-1)29-15-17-30(18-16-29)36-27-37(44-42(43-36)33-11-5-2-6-12-33)31-19-22-34(23-20-31)45-38-14-8-7-13-35(38)40-39(45)24-21-32-25-26-46-41(32)40/h1-27H. The number of furan rings is 1. The van der Waals surface area contributed by atoms with Gasteiger partial charge in [0.05, 0.1) is 34.1 Å². The monoisotopic (exact) mass is 589 g/mol. The zero-order valence-electron chi connectivity index (χ0n) is 24.8. The van der Waals surface area contributed by atoms with E-state index in [0.29, 0.717) is 5.82 Å². The second-order valence-electron chi connectivity index (χ2n) is 11.5. The molecule has 0 atom stereocenters. The van der Waals surface area contributed by atoms with Gasteiger partial charge in [0.2, 0.25) is 0 Å². The van der Waals surface area contributed by atoms with Crippen molar-refractivity contribution in [3.63, 3.8) is 0 Å². The molecule has 0 bridgehead atoms. The van der Waals surface area contributed by atoms with Crippen molar-refractivity contribution in [2.24, 2.45) is 0 Å². The quantitative estimate of drug-likeness (QED) is 0.201. The van der Waals surface area contributed by atoms with Gasteiger partial charge >= 0.3 is 0 Å². The molecule has 0 fully saturated rings. The summed E-state index contributed by atoms with van der Waals surface area (Å²) < 4.78 is 8.27. The Morgan fingerprint density at radius 1 is 0.457 bits per heavy atom. The summed E-state index contributed by atoms with van der Waals surface area (Å²) in [6, 6.07) is 54.8. The van der Waals surface area contributed by atoms with E-state index in [9.17, 15) is 0 Å². The number of benzene rings is 6. The highest BCUT2D eigenvalue weighted by Gasteiger charge is 2.17. The van der Waals surface area contributed by atoms with Crippen molar-refractivity contribution in [3.8, 4) is 50.7 Å². The van der Waals surface area contributed by atoms with E-state index in [1.807, 2.05) is 30.3 Å². The first-order chi connectivity index (χ1) is 22.8. The zero-order valence-corrected chi connectivity index (χ0v) is 24.8. The first-order valence-electron chi connectivity index (χ1n) is 15.4. The second-order valence-corrected chi connectivity index (χ2v) is 11.5. The maximum absolute atomic E-state index is 5.96. The number of rotatable bonds is 5. The van der Waals surface area contributed by atoms with Crippen molar-refractivity contribution in [1.82, 2.24) is 14.5 Å². The highest BCUT2D eigenvalue weighted by Crippen LogP contribution is 2.38. The van der Waals surface area contributed by atoms with Gasteiger partial charge in [-0.15, -0.1) is 0 Å². The maximum atomic E-state index is 5.96. The molecule has 9 rings (SSSR count). The van der Waals surface area contributed by atoms with Crippen molar-refractivity contribution in [2.45, 2.75) is 0 Å². The molecule has 4 heteroatoms. The van der Waals surface area contributed by atoms with E-state index in [0.717, 1.165) is 61.2 Å². The van der Waals surface area contributed by atoms with Crippen molar-refractivity contribution in [1.29, 1.82) is 0 Å². The number of nitrogens with zero attached hydrogens (tertiary/aromatic N) is 3. The van der Waals surface area contributed by atoms with Gasteiger partial charge in [-0.25, -0.2) is 9.97 Å². The summed E-state index contributed by atoms with van der Waals surface area (Å²) in [5.41, 5.74) is 11.4. The first-order valence-corrected chi connectivity index (χ1v) is 15.4. The number of fused-ring (bicyclic) bond motifs is 5. The molecule has 46 heavy (non-hydrogen) atoms. The molecule has 0 aliphatic rings. The van der Waals surface area contributed by atoms with Crippen LogP contribution in [-0.2, 0) is 0 Å². The van der Waals surface area contributed by atoms with Crippen LogP contribution in [0.3, 0.4) is 0 Å². The summed E-state index contributed by atoms with van der Waals surface area (Å²) in [6.45, 7) is 0. The minimum Gasteiger partial charge on any atom is -0.464 e. The maximum Gasteiger partial charge on any atom is 0.160 e. The Bertz CT molecular complexity index is 2490. The fraction of sp³-hybridized carbons (Fsp3) is 0. The molecule has 3 heterocycles. The Labute approximate surface area is 265 Å². The molecule has 0 saturated heterocycles. The lowest BCUT2D eigenvalue weighted by Crippen LogP contribution is -1.97. The third-order valence-electron chi connectivity index (χ3n) is 8.72. The second kappa shape index (κ2) is 10.7. The van der Waals surface area contributed by atoms with Gasteiger partial charge in [0.15, 0.2) is 5.82 Å². The third-order valence-corrected chi connectivity index (χ3v) is 8.72. The van der Waals surface area contributed by atoms with Gasteiger partial charge in [0, 0.05) is 33.2 Å². The SMILES string of the molecule is c1ccc(-c2ccc(-c3cc(-c4ccc(-n5c6ccccc6c6c7occc7ccc65)cc4)nc(-c4ccccc4)n3)cc2)cc1. The van der Waals surface area contributed by atoms with E-state index in [4.69, 9.17) is 14.4 Å². The third kappa shape index (κ3) is 4.39. The minimum absolute atomic E-state index is 0.703. The molecule has 0 spiro atoms. The van der Waals surface area contributed by atoms with Crippen molar-refractivity contribution < 1.29 is 4.42 Å². The van der Waals surface area contributed by atoms with Crippen LogP contribution in [0.15, 0.2) is 168 Å². The van der Waals surface area contributed by atoms with Crippen LogP contribution >= 0.6 is 0 Å². The Morgan fingerprint density at radius 2 is 1.04 bits per heavy atom. The number of aromatic nitrogens is 3. The molecular formula is C42H27N3O. The lowest BCUT2D eigenvalue weighted by atomic mass is 10.0. The Morgan fingerprint density at radius 3 is 1.76 bits per heavy atom. The highest BCUT2D eigenvalue weighted by atomic mass is 16.3. The largest absolute Gasteiger partial charge is 0.464 e. The Hall–Kier alpha value is -6.26. The highest BCUT2D eigenvalue weighted by molar-refractivity contribution is 6.19. The van der Waals surface area contributed by atoms with Crippen LogP contribution in [0.4, 0.5) is 0 Å². The molecule has 6 aromatic carbocycles. The van der Waals surface area contributed by atoms with E-state index in [2.05, 4.69) is 132 Å². The van der Waals surface area contributed by atoms with E-state index in [-0.39, 0.29) is 0 Å². The van der Waals surface area contributed by atoms with Gasteiger partial charge in [-0.2, -0.15) is 0 Å². The van der Waals surface area contributed by atoms with Crippen LogP contribution in [-0.4, -0.2) is 14.5 Å². The van der Waals surface area contributed by atoms with Gasteiger partial charge in [0.25, 0.3) is 0 Å². The van der Waals surface area contributed by atoms with E-state index >= 15 is 0 Å². The van der Waals surface area contributed by atoms with Gasteiger partial charge < -0.3 is 8.98 Å². The van der Waals surface area contributed by atoms with Gasteiger partial charge in [-0.1, -0.05) is 115 Å². The molecule has 216 valence electrons. The first kappa shape index (κ1) is 26.2. The van der Waals surface area contributed by atoms with Crippen LogP contribution in [0.25, 0.3) is 83.5 Å². The predicted molar refractivity (Wildman–Crippen MR) is 188 cm³/mol. The van der Waals surface area contributed by atoms with Crippen molar-refractivity contribution in [2.75, 3.05) is 0 Å². The predicted octanol–water partition coefficient (Wildman–Crippen LogP) is 11.0. The molecule has 0 amide bonds. The van der Waals surface area contributed by atoms with Crippen molar-refractivity contribution in [3.05, 3.63) is 164 Å². The van der Waals surface area contributed by atoms with E-state index < -0.39 is 0 Å². The Kier molecular flexibility index (Phi) is 6.10. The zero-order chi connectivity index (χ0) is 30.5. The minimum atomic E-state index is 0.703. The van der Waals surface area contributed by atoms with Crippen LogP contribution in [0.2, 0.25) is 0 Å². The smallest absolute Gasteiger partial charge is 0.160 e. The van der Waals surface area contributed by atoms with E-state index in [1.54, 1.807) is 6.26 Å². The normalized spacial score (nSPS) is 11.5. The summed E-state index contributed by atoms with van der Waals surface area (Å²) in [5.74, 6) is 0.703. The summed E-state index contributed by atoms with van der Waals surface area (Å²) in [5, 5.41) is 3.41. The van der Waals surface area contributed by atoms with Crippen LogP contribution in [0, 0.1) is 0 Å². The summed E-state index contributed by atoms with van der Waals surface area (Å²) in [4.78, 5) is 10.1. The number of hydrogen-bond acceptors (Lipinski definition) is 3.